The van der Waals surface area contributed by atoms with Crippen molar-refractivity contribution in [3.8, 4) is 0 Å². The second-order valence-electron chi connectivity index (χ2n) is 7.72. The van der Waals surface area contributed by atoms with Gasteiger partial charge in [0, 0.05) is 29.7 Å². The molecule has 1 aliphatic rings. The third-order valence-electron chi connectivity index (χ3n) is 4.19. The number of nitrogens with one attached hydrogen (secondary N) is 1. The molecule has 3 nitrogen and oxygen atoms in total. The minimum atomic E-state index is 0.0597. The molecule has 0 atom stereocenters. The second kappa shape index (κ2) is 7.96. The molecule has 126 valence electrons. The van der Waals surface area contributed by atoms with Crippen LogP contribution in [-0.4, -0.2) is 34.5 Å². The van der Waals surface area contributed by atoms with Gasteiger partial charge in [0.2, 0.25) is 5.91 Å². The molecule has 1 aliphatic heterocycles. The normalized spacial score (nSPS) is 21.5. The summed E-state index contributed by atoms with van der Waals surface area (Å²) in [6.45, 7) is 13.9. The summed E-state index contributed by atoms with van der Waals surface area (Å²) in [4.78, 5) is 14.7. The smallest absolute Gasteiger partial charge is 0.246 e. The number of piperidine rings is 1. The Morgan fingerprint density at radius 2 is 1.77 bits per heavy atom. The SMILES string of the molecule is C/C=C\C=C\C(=O)N(CCCC)C1CC(C)(C)NC(C)(C)C1. The molecule has 1 heterocycles. The Morgan fingerprint density at radius 1 is 1.18 bits per heavy atom. The van der Waals surface area contributed by atoms with E-state index in [4.69, 9.17) is 0 Å². The highest BCUT2D eigenvalue weighted by molar-refractivity contribution is 5.88. The van der Waals surface area contributed by atoms with Crippen LogP contribution in [0, 0.1) is 0 Å². The summed E-state index contributed by atoms with van der Waals surface area (Å²) < 4.78 is 0. The molecule has 0 aromatic rings. The lowest BCUT2D eigenvalue weighted by Gasteiger charge is -2.49. The molecule has 3 heteroatoms. The Morgan fingerprint density at radius 3 is 2.27 bits per heavy atom. The highest BCUT2D eigenvalue weighted by atomic mass is 16.2. The maximum absolute atomic E-state index is 12.6. The highest BCUT2D eigenvalue weighted by Crippen LogP contribution is 2.31. The van der Waals surface area contributed by atoms with Crippen molar-refractivity contribution in [2.45, 2.75) is 84.3 Å². The van der Waals surface area contributed by atoms with Gasteiger partial charge in [-0.15, -0.1) is 0 Å². The van der Waals surface area contributed by atoms with Crippen LogP contribution in [0.3, 0.4) is 0 Å². The van der Waals surface area contributed by atoms with Gasteiger partial charge in [-0.2, -0.15) is 0 Å². The Hall–Kier alpha value is -1.09. The van der Waals surface area contributed by atoms with Gasteiger partial charge in [0.25, 0.3) is 0 Å². The molecule has 0 spiro atoms. The van der Waals surface area contributed by atoms with Crippen molar-refractivity contribution in [2.75, 3.05) is 6.54 Å². The molecule has 0 aliphatic carbocycles. The summed E-state index contributed by atoms with van der Waals surface area (Å²) in [6.07, 6.45) is 11.6. The molecule has 0 aromatic heterocycles. The van der Waals surface area contributed by atoms with Crippen molar-refractivity contribution >= 4 is 5.91 Å². The van der Waals surface area contributed by atoms with Crippen LogP contribution in [0.1, 0.15) is 67.2 Å². The lowest BCUT2D eigenvalue weighted by molar-refractivity contribution is -0.130. The molecule has 1 saturated heterocycles. The van der Waals surface area contributed by atoms with E-state index in [1.165, 1.54) is 0 Å². The zero-order valence-corrected chi connectivity index (χ0v) is 15.3. The summed E-state index contributed by atoms with van der Waals surface area (Å²) in [5.74, 6) is 0.144. The Labute approximate surface area is 136 Å². The van der Waals surface area contributed by atoms with Crippen molar-refractivity contribution in [3.63, 3.8) is 0 Å². The first-order chi connectivity index (χ1) is 10.2. The molecule has 1 amide bonds. The summed E-state index contributed by atoms with van der Waals surface area (Å²) >= 11 is 0. The third kappa shape index (κ3) is 5.96. The predicted molar refractivity (Wildman–Crippen MR) is 94.9 cm³/mol. The van der Waals surface area contributed by atoms with E-state index in [0.717, 1.165) is 32.2 Å². The van der Waals surface area contributed by atoms with Gasteiger partial charge >= 0.3 is 0 Å². The number of unbranched alkanes of at least 4 members (excludes halogenated alkanes) is 1. The largest absolute Gasteiger partial charge is 0.336 e. The summed E-state index contributed by atoms with van der Waals surface area (Å²) in [7, 11) is 0. The number of carbonyl (C=O) groups excluding carboxylic acids is 1. The van der Waals surface area contributed by atoms with Crippen LogP contribution in [-0.2, 0) is 4.79 Å². The number of nitrogens with zero attached hydrogens (tertiary/aromatic N) is 1. The first kappa shape index (κ1) is 19.0. The number of amides is 1. The van der Waals surface area contributed by atoms with Crippen LogP contribution in [0.2, 0.25) is 0 Å². The van der Waals surface area contributed by atoms with Crippen LogP contribution in [0.4, 0.5) is 0 Å². The minimum Gasteiger partial charge on any atom is -0.336 e. The molecular formula is C19H34N2O. The topological polar surface area (TPSA) is 32.3 Å². The van der Waals surface area contributed by atoms with Gasteiger partial charge in [0.15, 0.2) is 0 Å². The average molecular weight is 306 g/mol. The van der Waals surface area contributed by atoms with Crippen LogP contribution in [0.25, 0.3) is 0 Å². The molecule has 0 bridgehead atoms. The fraction of sp³-hybridized carbons (Fsp3) is 0.737. The van der Waals surface area contributed by atoms with Crippen LogP contribution >= 0.6 is 0 Å². The number of hydrogen-bond acceptors (Lipinski definition) is 2. The Kier molecular flexibility index (Phi) is 6.86. The van der Waals surface area contributed by atoms with Crippen LogP contribution in [0.15, 0.2) is 24.3 Å². The number of carbonyl (C=O) groups is 1. The Balaban J connectivity index is 2.92. The highest BCUT2D eigenvalue weighted by Gasteiger charge is 2.40. The molecular weight excluding hydrogens is 272 g/mol. The average Bonchev–Trinajstić information content (AvgIpc) is 2.35. The van der Waals surface area contributed by atoms with Gasteiger partial charge in [0.05, 0.1) is 0 Å². The zero-order chi connectivity index (χ0) is 16.8. The summed E-state index contributed by atoms with van der Waals surface area (Å²) in [5, 5.41) is 3.70. The van der Waals surface area contributed by atoms with E-state index in [9.17, 15) is 4.79 Å². The third-order valence-corrected chi connectivity index (χ3v) is 4.19. The molecule has 0 saturated carbocycles. The van der Waals surface area contributed by atoms with Crippen molar-refractivity contribution in [1.82, 2.24) is 10.2 Å². The van der Waals surface area contributed by atoms with Gasteiger partial charge in [-0.05, 0) is 53.9 Å². The standard InChI is InChI=1S/C19H34N2O/c1-7-9-11-12-17(22)21(13-10-8-2)16-14-18(3,4)20-19(5,6)15-16/h7,9,11-12,16,20H,8,10,13-15H2,1-6H3/b9-7-,12-11+. The fourth-order valence-corrected chi connectivity index (χ4v) is 3.63. The molecule has 1 rings (SSSR count). The number of hydrogen-bond donors (Lipinski definition) is 1. The van der Waals surface area contributed by atoms with E-state index in [1.54, 1.807) is 6.08 Å². The van der Waals surface area contributed by atoms with Gasteiger partial charge in [-0.3, -0.25) is 4.79 Å². The maximum atomic E-state index is 12.6. The van der Waals surface area contributed by atoms with Crippen LogP contribution in [0.5, 0.6) is 0 Å². The zero-order valence-electron chi connectivity index (χ0n) is 15.3. The predicted octanol–water partition coefficient (Wildman–Crippen LogP) is 4.06. The summed E-state index contributed by atoms with van der Waals surface area (Å²) in [5.41, 5.74) is 0.119. The number of rotatable bonds is 6. The van der Waals surface area contributed by atoms with E-state index >= 15 is 0 Å². The van der Waals surface area contributed by atoms with Gasteiger partial charge in [-0.1, -0.05) is 31.6 Å². The number of allylic oxidation sites excluding steroid dienone is 3. The van der Waals surface area contributed by atoms with Gasteiger partial charge in [0.1, 0.15) is 0 Å². The molecule has 0 radical (unpaired) electrons. The van der Waals surface area contributed by atoms with Crippen molar-refractivity contribution in [1.29, 1.82) is 0 Å². The van der Waals surface area contributed by atoms with Crippen molar-refractivity contribution in [3.05, 3.63) is 24.3 Å². The lowest BCUT2D eigenvalue weighted by atomic mass is 9.79. The first-order valence-corrected chi connectivity index (χ1v) is 8.60. The maximum Gasteiger partial charge on any atom is 0.246 e. The molecule has 1 N–H and O–H groups in total. The van der Waals surface area contributed by atoms with Gasteiger partial charge < -0.3 is 10.2 Å². The quantitative estimate of drug-likeness (QED) is 0.593. The molecule has 0 unspecified atom stereocenters. The lowest BCUT2D eigenvalue weighted by Crippen LogP contribution is -2.62. The molecule has 1 fully saturated rings. The molecule has 22 heavy (non-hydrogen) atoms. The van der Waals surface area contributed by atoms with Gasteiger partial charge in [-0.25, -0.2) is 0 Å². The summed E-state index contributed by atoms with van der Waals surface area (Å²) in [6, 6.07) is 0.306. The molecule has 0 aromatic carbocycles. The Bertz CT molecular complexity index is 405. The second-order valence-corrected chi connectivity index (χ2v) is 7.72. The van der Waals surface area contributed by atoms with E-state index in [0.29, 0.717) is 6.04 Å². The van der Waals surface area contributed by atoms with Crippen molar-refractivity contribution < 1.29 is 4.79 Å². The van der Waals surface area contributed by atoms with Crippen molar-refractivity contribution in [2.24, 2.45) is 0 Å². The van der Waals surface area contributed by atoms with E-state index < -0.39 is 0 Å². The minimum absolute atomic E-state index is 0.0597. The fourth-order valence-electron chi connectivity index (χ4n) is 3.63. The first-order valence-electron chi connectivity index (χ1n) is 8.60. The van der Waals surface area contributed by atoms with E-state index in [-0.39, 0.29) is 17.0 Å². The monoisotopic (exact) mass is 306 g/mol. The van der Waals surface area contributed by atoms with E-state index in [1.807, 2.05) is 25.2 Å². The van der Waals surface area contributed by atoms with Crippen LogP contribution < -0.4 is 5.32 Å². The van der Waals surface area contributed by atoms with E-state index in [2.05, 4.69) is 44.8 Å².